The molecule has 2 aromatic carbocycles. The summed E-state index contributed by atoms with van der Waals surface area (Å²) in [5.41, 5.74) is 4.22. The molecule has 0 fully saturated rings. The number of carbonyl (C=O) groups excluding carboxylic acids is 2. The Kier molecular flexibility index (Phi) is 3.37. The highest BCUT2D eigenvalue weighted by Gasteiger charge is 2.34. The van der Waals surface area contributed by atoms with Gasteiger partial charge < -0.3 is 10.2 Å². The van der Waals surface area contributed by atoms with Crippen LogP contribution in [0.3, 0.4) is 0 Å². The van der Waals surface area contributed by atoms with Gasteiger partial charge in [-0.3, -0.25) is 9.59 Å². The number of hydrogen-bond acceptors (Lipinski definition) is 2. The molecule has 4 rings (SSSR count). The summed E-state index contributed by atoms with van der Waals surface area (Å²) in [6, 6.07) is 15.9. The number of rotatable bonds is 1. The van der Waals surface area contributed by atoms with E-state index in [1.54, 1.807) is 0 Å². The second-order valence-corrected chi connectivity index (χ2v) is 6.17. The molecule has 2 heterocycles. The van der Waals surface area contributed by atoms with E-state index in [2.05, 4.69) is 17.4 Å². The molecule has 23 heavy (non-hydrogen) atoms. The van der Waals surface area contributed by atoms with Crippen LogP contribution < -0.4 is 5.32 Å². The second-order valence-electron chi connectivity index (χ2n) is 6.17. The summed E-state index contributed by atoms with van der Waals surface area (Å²) in [7, 11) is 0. The molecule has 0 saturated carbocycles. The van der Waals surface area contributed by atoms with Crippen molar-refractivity contribution in [2.75, 3.05) is 11.9 Å². The summed E-state index contributed by atoms with van der Waals surface area (Å²) < 4.78 is 0. The molecule has 2 aliphatic heterocycles. The van der Waals surface area contributed by atoms with E-state index in [1.807, 2.05) is 41.3 Å². The third-order valence-corrected chi connectivity index (χ3v) is 4.74. The Hall–Kier alpha value is -2.62. The molecular formula is C19H18N2O2. The van der Waals surface area contributed by atoms with Crippen molar-refractivity contribution < 1.29 is 9.59 Å². The van der Waals surface area contributed by atoms with Crippen LogP contribution in [0.25, 0.3) is 0 Å². The van der Waals surface area contributed by atoms with E-state index >= 15 is 0 Å². The van der Waals surface area contributed by atoms with Crippen molar-refractivity contribution >= 4 is 17.5 Å². The third kappa shape index (κ3) is 2.50. The van der Waals surface area contributed by atoms with E-state index in [-0.39, 0.29) is 24.2 Å². The Labute approximate surface area is 135 Å². The maximum Gasteiger partial charge on any atom is 0.231 e. The Morgan fingerprint density at radius 2 is 1.78 bits per heavy atom. The van der Waals surface area contributed by atoms with Crippen LogP contribution in [0.2, 0.25) is 0 Å². The standard InChI is InChI=1S/C19H18N2O2/c22-18-11-16(15-7-3-4-8-17(15)20-18)19(23)21-10-9-13-5-1-2-6-14(13)12-21/h1-8,16H,9-12H2,(H,20,22). The normalized spacial score (nSPS) is 19.6. The van der Waals surface area contributed by atoms with Gasteiger partial charge in [0.15, 0.2) is 0 Å². The van der Waals surface area contributed by atoms with E-state index in [9.17, 15) is 9.59 Å². The molecule has 1 unspecified atom stereocenters. The predicted octanol–water partition coefficient (Wildman–Crippen LogP) is 2.70. The van der Waals surface area contributed by atoms with Crippen molar-refractivity contribution in [1.82, 2.24) is 4.90 Å². The Morgan fingerprint density at radius 1 is 1.04 bits per heavy atom. The minimum absolute atomic E-state index is 0.0572. The number of benzene rings is 2. The topological polar surface area (TPSA) is 49.4 Å². The van der Waals surface area contributed by atoms with Crippen LogP contribution in [0.1, 0.15) is 29.0 Å². The fraction of sp³-hybridized carbons (Fsp3) is 0.263. The molecule has 1 N–H and O–H groups in total. The van der Waals surface area contributed by atoms with Gasteiger partial charge in [-0.1, -0.05) is 42.5 Å². The molecule has 0 bridgehead atoms. The minimum atomic E-state index is -0.370. The van der Waals surface area contributed by atoms with Crippen LogP contribution in [0.4, 0.5) is 5.69 Å². The molecule has 0 radical (unpaired) electrons. The molecule has 116 valence electrons. The van der Waals surface area contributed by atoms with Gasteiger partial charge in [0.2, 0.25) is 11.8 Å². The largest absolute Gasteiger partial charge is 0.337 e. The van der Waals surface area contributed by atoms with Gasteiger partial charge in [0.25, 0.3) is 0 Å². The van der Waals surface area contributed by atoms with Gasteiger partial charge in [0.1, 0.15) is 0 Å². The van der Waals surface area contributed by atoms with Crippen molar-refractivity contribution in [1.29, 1.82) is 0 Å². The Bertz CT molecular complexity index is 784. The van der Waals surface area contributed by atoms with Gasteiger partial charge in [-0.25, -0.2) is 0 Å². The van der Waals surface area contributed by atoms with E-state index in [4.69, 9.17) is 0 Å². The van der Waals surface area contributed by atoms with E-state index < -0.39 is 0 Å². The van der Waals surface area contributed by atoms with Crippen LogP contribution in [0, 0.1) is 0 Å². The first kappa shape index (κ1) is 14.0. The number of fused-ring (bicyclic) bond motifs is 2. The molecule has 0 spiro atoms. The highest BCUT2D eigenvalue weighted by Crippen LogP contribution is 2.34. The number of anilines is 1. The van der Waals surface area contributed by atoms with Gasteiger partial charge >= 0.3 is 0 Å². The quantitative estimate of drug-likeness (QED) is 0.880. The smallest absolute Gasteiger partial charge is 0.231 e. The highest BCUT2D eigenvalue weighted by atomic mass is 16.2. The lowest BCUT2D eigenvalue weighted by molar-refractivity contribution is -0.135. The van der Waals surface area contributed by atoms with Gasteiger partial charge in [-0.05, 0) is 29.2 Å². The predicted molar refractivity (Wildman–Crippen MR) is 88.0 cm³/mol. The Morgan fingerprint density at radius 3 is 2.65 bits per heavy atom. The fourth-order valence-corrected chi connectivity index (χ4v) is 3.54. The first-order chi connectivity index (χ1) is 11.2. The van der Waals surface area contributed by atoms with E-state index in [1.165, 1.54) is 11.1 Å². The van der Waals surface area contributed by atoms with Gasteiger partial charge in [-0.15, -0.1) is 0 Å². The van der Waals surface area contributed by atoms with Crippen molar-refractivity contribution in [2.45, 2.75) is 25.3 Å². The van der Waals surface area contributed by atoms with Gasteiger partial charge in [0.05, 0.1) is 5.92 Å². The van der Waals surface area contributed by atoms with Crippen LogP contribution in [-0.2, 0) is 22.6 Å². The molecule has 2 amide bonds. The molecule has 0 saturated heterocycles. The summed E-state index contributed by atoms with van der Waals surface area (Å²) in [6.45, 7) is 1.35. The second kappa shape index (κ2) is 5.54. The average Bonchev–Trinajstić information content (AvgIpc) is 2.60. The number of carbonyl (C=O) groups is 2. The summed E-state index contributed by atoms with van der Waals surface area (Å²) in [6.07, 6.45) is 1.11. The molecule has 0 aromatic heterocycles. The minimum Gasteiger partial charge on any atom is -0.337 e. The van der Waals surface area contributed by atoms with Crippen LogP contribution >= 0.6 is 0 Å². The summed E-state index contributed by atoms with van der Waals surface area (Å²) >= 11 is 0. The SMILES string of the molecule is O=C1CC(C(=O)N2CCc3ccccc3C2)c2ccccc2N1. The first-order valence-corrected chi connectivity index (χ1v) is 7.97. The van der Waals surface area contributed by atoms with Crippen molar-refractivity contribution in [3.63, 3.8) is 0 Å². The molecule has 4 heteroatoms. The zero-order valence-corrected chi connectivity index (χ0v) is 12.8. The third-order valence-electron chi connectivity index (χ3n) is 4.74. The van der Waals surface area contributed by atoms with Crippen LogP contribution in [0.5, 0.6) is 0 Å². The molecule has 1 atom stereocenters. The Balaban J connectivity index is 1.62. The number of nitrogens with one attached hydrogen (secondary N) is 1. The highest BCUT2D eigenvalue weighted by molar-refractivity contribution is 6.01. The van der Waals surface area contributed by atoms with Crippen molar-refractivity contribution in [2.24, 2.45) is 0 Å². The molecule has 2 aliphatic rings. The first-order valence-electron chi connectivity index (χ1n) is 7.97. The van der Waals surface area contributed by atoms with E-state index in [0.29, 0.717) is 6.54 Å². The van der Waals surface area contributed by atoms with Crippen LogP contribution in [-0.4, -0.2) is 23.3 Å². The summed E-state index contributed by atoms with van der Waals surface area (Å²) in [5, 5.41) is 2.85. The maximum absolute atomic E-state index is 13.0. The van der Waals surface area contributed by atoms with Crippen LogP contribution in [0.15, 0.2) is 48.5 Å². The lowest BCUT2D eigenvalue weighted by Crippen LogP contribution is -2.41. The monoisotopic (exact) mass is 306 g/mol. The lowest BCUT2D eigenvalue weighted by Gasteiger charge is -2.33. The zero-order valence-electron chi connectivity index (χ0n) is 12.8. The van der Waals surface area contributed by atoms with Gasteiger partial charge in [-0.2, -0.15) is 0 Å². The molecular weight excluding hydrogens is 288 g/mol. The summed E-state index contributed by atoms with van der Waals surface area (Å²) in [5.74, 6) is -0.397. The lowest BCUT2D eigenvalue weighted by atomic mass is 9.88. The number of amides is 2. The number of nitrogens with zero attached hydrogens (tertiary/aromatic N) is 1. The zero-order chi connectivity index (χ0) is 15.8. The van der Waals surface area contributed by atoms with Gasteiger partial charge in [0, 0.05) is 25.2 Å². The summed E-state index contributed by atoms with van der Waals surface area (Å²) in [4.78, 5) is 26.8. The van der Waals surface area contributed by atoms with E-state index in [0.717, 1.165) is 24.2 Å². The van der Waals surface area contributed by atoms with Crippen molar-refractivity contribution in [3.8, 4) is 0 Å². The fourth-order valence-electron chi connectivity index (χ4n) is 3.54. The molecule has 0 aliphatic carbocycles. The number of hydrogen-bond donors (Lipinski definition) is 1. The van der Waals surface area contributed by atoms with Crippen molar-refractivity contribution in [3.05, 3.63) is 65.2 Å². The molecule has 4 nitrogen and oxygen atoms in total. The maximum atomic E-state index is 13.0. The average molecular weight is 306 g/mol. The molecule has 2 aromatic rings. The number of para-hydroxylation sites is 1.